The zero-order valence-electron chi connectivity index (χ0n) is 22.1. The monoisotopic (exact) mass is 523 g/mol. The number of benzene rings is 1. The van der Waals surface area contributed by atoms with Gasteiger partial charge in [-0.15, -0.1) is 0 Å². The lowest BCUT2D eigenvalue weighted by atomic mass is 10.1. The second kappa shape index (κ2) is 12.0. The van der Waals surface area contributed by atoms with Gasteiger partial charge in [0.15, 0.2) is 5.82 Å². The van der Waals surface area contributed by atoms with E-state index in [1.54, 1.807) is 4.90 Å². The number of nitrogens with zero attached hydrogens (tertiary/aromatic N) is 5. The van der Waals surface area contributed by atoms with Crippen LogP contribution < -0.4 is 11.1 Å². The van der Waals surface area contributed by atoms with Gasteiger partial charge in [0.2, 0.25) is 5.91 Å². The summed E-state index contributed by atoms with van der Waals surface area (Å²) in [6.45, 7) is 8.10. The number of carbonyl (C=O) groups excluding carboxylic acids is 2. The molecule has 204 valence electrons. The van der Waals surface area contributed by atoms with E-state index in [1.165, 1.54) is 0 Å². The molecule has 4 heterocycles. The van der Waals surface area contributed by atoms with Crippen molar-refractivity contribution in [2.45, 2.75) is 45.8 Å². The summed E-state index contributed by atoms with van der Waals surface area (Å²) < 4.78 is 13.2. The van der Waals surface area contributed by atoms with Crippen molar-refractivity contribution < 1.29 is 19.1 Å². The number of hydrogen-bond acceptors (Lipinski definition) is 7. The summed E-state index contributed by atoms with van der Waals surface area (Å²) in [5.41, 5.74) is 9.86. The van der Waals surface area contributed by atoms with Gasteiger partial charge in [-0.25, -0.2) is 14.8 Å². The molecule has 0 saturated carbocycles. The zero-order valence-corrected chi connectivity index (χ0v) is 22.1. The molecule has 0 unspecified atom stereocenters. The van der Waals surface area contributed by atoms with E-state index >= 15 is 0 Å². The Morgan fingerprint density at radius 1 is 1.18 bits per heavy atom. The highest BCUT2D eigenvalue weighted by Crippen LogP contribution is 2.30. The molecule has 2 aliphatic heterocycles. The summed E-state index contributed by atoms with van der Waals surface area (Å²) in [4.78, 5) is 37.7. The average Bonchev–Trinajstić information content (AvgIpc) is 3.52. The van der Waals surface area contributed by atoms with Crippen molar-refractivity contribution >= 4 is 39.7 Å². The van der Waals surface area contributed by atoms with E-state index in [0.717, 1.165) is 53.7 Å². The molecule has 11 heteroatoms. The molecule has 2 aromatic heterocycles. The number of hydrogen-bond donors (Lipinski definition) is 2. The minimum absolute atomic E-state index is 0.0546. The largest absolute Gasteiger partial charge is 0.382 e. The predicted molar refractivity (Wildman–Crippen MR) is 145 cm³/mol. The smallest absolute Gasteiger partial charge is 0.317 e. The molecule has 1 aromatic carbocycles. The molecule has 0 atom stereocenters. The van der Waals surface area contributed by atoms with Gasteiger partial charge in [-0.3, -0.25) is 4.79 Å². The van der Waals surface area contributed by atoms with E-state index in [9.17, 15) is 9.59 Å². The van der Waals surface area contributed by atoms with Crippen LogP contribution in [0.1, 0.15) is 37.6 Å². The molecule has 38 heavy (non-hydrogen) atoms. The van der Waals surface area contributed by atoms with Crippen LogP contribution in [0.2, 0.25) is 0 Å². The van der Waals surface area contributed by atoms with Gasteiger partial charge in [0, 0.05) is 57.7 Å². The number of ether oxygens (including phenoxy) is 2. The maximum Gasteiger partial charge on any atom is 0.317 e. The molecule has 0 bridgehead atoms. The standard InChI is InChI=1S/C27H37N7O4/c1-2-37-18-22-31-24-25(34(22)12-4-11-32-10-3-5-23(32)35)20-17-19(6-7-21(20)30-26(24)28)8-9-29-27(36)33-13-15-38-16-14-33/h6-7,17H,2-5,8-16,18H2,1H3,(H2,28,30)(H,29,36). The van der Waals surface area contributed by atoms with Crippen LogP contribution in [0, 0.1) is 0 Å². The number of rotatable bonds is 10. The molecular weight excluding hydrogens is 486 g/mol. The Hall–Kier alpha value is -3.44. The maximum absolute atomic E-state index is 12.5. The van der Waals surface area contributed by atoms with E-state index in [0.29, 0.717) is 76.8 Å². The fourth-order valence-corrected chi connectivity index (χ4v) is 5.26. The first kappa shape index (κ1) is 26.2. The summed E-state index contributed by atoms with van der Waals surface area (Å²) in [7, 11) is 0. The van der Waals surface area contributed by atoms with Crippen LogP contribution in [0.3, 0.4) is 0 Å². The molecule has 3 N–H and O–H groups in total. The van der Waals surface area contributed by atoms with Crippen LogP contribution >= 0.6 is 0 Å². The molecule has 5 rings (SSSR count). The van der Waals surface area contributed by atoms with Crippen molar-refractivity contribution in [2.75, 3.05) is 58.3 Å². The fraction of sp³-hybridized carbons (Fsp3) is 0.556. The molecular formula is C27H37N7O4. The molecule has 3 aromatic rings. The highest BCUT2D eigenvalue weighted by Gasteiger charge is 2.21. The molecule has 3 amide bonds. The topological polar surface area (TPSA) is 128 Å². The number of morpholine rings is 1. The first-order valence-corrected chi connectivity index (χ1v) is 13.6. The molecule has 2 aliphatic rings. The van der Waals surface area contributed by atoms with E-state index in [4.69, 9.17) is 20.2 Å². The SMILES string of the molecule is CCOCc1nc2c(N)nc3ccc(CCNC(=O)N4CCOCC4)cc3c2n1CCCN1CCCC1=O. The Morgan fingerprint density at radius 2 is 2.03 bits per heavy atom. The number of nitrogen functional groups attached to an aromatic ring is 1. The number of pyridine rings is 1. The molecule has 2 fully saturated rings. The molecule has 11 nitrogen and oxygen atoms in total. The second-order valence-corrected chi connectivity index (χ2v) is 9.78. The van der Waals surface area contributed by atoms with Crippen molar-refractivity contribution in [3.63, 3.8) is 0 Å². The lowest BCUT2D eigenvalue weighted by Gasteiger charge is -2.26. The third-order valence-corrected chi connectivity index (χ3v) is 7.25. The number of urea groups is 1. The van der Waals surface area contributed by atoms with Crippen LogP contribution in [0.25, 0.3) is 21.9 Å². The number of nitrogens with one attached hydrogen (secondary N) is 1. The summed E-state index contributed by atoms with van der Waals surface area (Å²) in [6.07, 6.45) is 3.08. The Kier molecular flexibility index (Phi) is 8.23. The number of anilines is 1. The number of aromatic nitrogens is 3. The third-order valence-electron chi connectivity index (χ3n) is 7.25. The van der Waals surface area contributed by atoms with Crippen molar-refractivity contribution in [3.8, 4) is 0 Å². The molecule has 0 aliphatic carbocycles. The maximum atomic E-state index is 12.5. The number of aryl methyl sites for hydroxylation is 1. The van der Waals surface area contributed by atoms with Gasteiger partial charge in [0.25, 0.3) is 0 Å². The van der Waals surface area contributed by atoms with Crippen LogP contribution in [0.15, 0.2) is 18.2 Å². The van der Waals surface area contributed by atoms with Gasteiger partial charge in [-0.05, 0) is 43.9 Å². The van der Waals surface area contributed by atoms with E-state index in [2.05, 4.69) is 20.9 Å². The van der Waals surface area contributed by atoms with Crippen LogP contribution in [-0.2, 0) is 33.8 Å². The zero-order chi connectivity index (χ0) is 26.5. The van der Waals surface area contributed by atoms with Crippen molar-refractivity contribution in [1.82, 2.24) is 29.7 Å². The van der Waals surface area contributed by atoms with Crippen molar-refractivity contribution in [2.24, 2.45) is 0 Å². The highest BCUT2D eigenvalue weighted by atomic mass is 16.5. The van der Waals surface area contributed by atoms with E-state index in [1.807, 2.05) is 24.0 Å². The summed E-state index contributed by atoms with van der Waals surface area (Å²) in [5, 5.41) is 3.99. The number of imidazole rings is 1. The van der Waals surface area contributed by atoms with E-state index in [-0.39, 0.29) is 11.9 Å². The number of amides is 3. The summed E-state index contributed by atoms with van der Waals surface area (Å²) in [6, 6.07) is 6.08. The minimum Gasteiger partial charge on any atom is -0.382 e. The average molecular weight is 524 g/mol. The van der Waals surface area contributed by atoms with Gasteiger partial charge in [-0.2, -0.15) is 0 Å². The van der Waals surface area contributed by atoms with Gasteiger partial charge < -0.3 is 34.9 Å². The Bertz CT molecular complexity index is 1300. The summed E-state index contributed by atoms with van der Waals surface area (Å²) >= 11 is 0. The Morgan fingerprint density at radius 3 is 2.79 bits per heavy atom. The highest BCUT2D eigenvalue weighted by molar-refractivity contribution is 6.06. The third kappa shape index (κ3) is 5.68. The number of carbonyl (C=O) groups is 2. The summed E-state index contributed by atoms with van der Waals surface area (Å²) in [5.74, 6) is 1.43. The van der Waals surface area contributed by atoms with Crippen molar-refractivity contribution in [1.29, 1.82) is 0 Å². The minimum atomic E-state index is -0.0546. The first-order chi connectivity index (χ1) is 18.5. The fourth-order valence-electron chi connectivity index (χ4n) is 5.26. The van der Waals surface area contributed by atoms with E-state index < -0.39 is 0 Å². The lowest BCUT2D eigenvalue weighted by Crippen LogP contribution is -2.46. The normalized spacial score (nSPS) is 16.2. The van der Waals surface area contributed by atoms with Crippen LogP contribution in [-0.4, -0.2) is 88.8 Å². The van der Waals surface area contributed by atoms with Gasteiger partial charge in [0.1, 0.15) is 17.9 Å². The number of fused-ring (bicyclic) bond motifs is 3. The van der Waals surface area contributed by atoms with Gasteiger partial charge >= 0.3 is 6.03 Å². The molecule has 0 spiro atoms. The predicted octanol–water partition coefficient (Wildman–Crippen LogP) is 2.30. The number of nitrogens with two attached hydrogens (primary N) is 1. The lowest BCUT2D eigenvalue weighted by molar-refractivity contribution is -0.127. The van der Waals surface area contributed by atoms with Gasteiger partial charge in [-0.1, -0.05) is 6.07 Å². The van der Waals surface area contributed by atoms with Crippen LogP contribution in [0.5, 0.6) is 0 Å². The molecule has 2 saturated heterocycles. The molecule has 0 radical (unpaired) electrons. The Labute approximate surface area is 222 Å². The van der Waals surface area contributed by atoms with Crippen LogP contribution in [0.4, 0.5) is 10.6 Å². The first-order valence-electron chi connectivity index (χ1n) is 13.6. The quantitative estimate of drug-likeness (QED) is 0.417. The number of likely N-dealkylation sites (tertiary alicyclic amines) is 1. The van der Waals surface area contributed by atoms with Gasteiger partial charge in [0.05, 0.1) is 24.2 Å². The second-order valence-electron chi connectivity index (χ2n) is 9.78. The Balaban J connectivity index is 1.39. The van der Waals surface area contributed by atoms with Crippen molar-refractivity contribution in [3.05, 3.63) is 29.6 Å².